The number of tetrazole rings is 1. The molecule has 0 atom stereocenters. The summed E-state index contributed by atoms with van der Waals surface area (Å²) in [6, 6.07) is 17.9. The van der Waals surface area contributed by atoms with Crippen LogP contribution < -0.4 is 10.3 Å². The molecule has 0 aliphatic heterocycles. The van der Waals surface area contributed by atoms with Crippen molar-refractivity contribution >= 4 is 10.9 Å². The monoisotopic (exact) mass is 446 g/mol. The molecule has 0 aliphatic carbocycles. The first-order valence-corrected chi connectivity index (χ1v) is 11.1. The van der Waals surface area contributed by atoms with Gasteiger partial charge in [-0.1, -0.05) is 30.3 Å². The molecule has 4 rings (SSSR count). The lowest BCUT2D eigenvalue weighted by Gasteiger charge is -2.25. The fourth-order valence-electron chi connectivity index (χ4n) is 3.89. The highest BCUT2D eigenvalue weighted by molar-refractivity contribution is 5.80. The number of aromatic amines is 1. The third kappa shape index (κ3) is 5.46. The lowest BCUT2D eigenvalue weighted by Crippen LogP contribution is -2.32. The molecule has 33 heavy (non-hydrogen) atoms. The zero-order valence-corrected chi connectivity index (χ0v) is 19.6. The summed E-state index contributed by atoms with van der Waals surface area (Å²) in [7, 11) is 1.64. The van der Waals surface area contributed by atoms with Gasteiger partial charge in [-0.25, -0.2) is 4.68 Å². The van der Waals surface area contributed by atoms with Crippen molar-refractivity contribution in [1.82, 2.24) is 30.1 Å². The predicted molar refractivity (Wildman–Crippen MR) is 128 cm³/mol. The van der Waals surface area contributed by atoms with Gasteiger partial charge in [-0.2, -0.15) is 0 Å². The number of rotatable bonds is 8. The number of H-pyrrole nitrogens is 1. The van der Waals surface area contributed by atoms with Crippen molar-refractivity contribution in [3.63, 3.8) is 0 Å². The SMILES string of the molecule is COc1ccc2[nH]c(=O)c(CN(CCc3ccccc3)Cc3nnnn3C(C)(C)C)cc2c1. The second-order valence-corrected chi connectivity index (χ2v) is 9.20. The summed E-state index contributed by atoms with van der Waals surface area (Å²) in [6.07, 6.45) is 0.858. The lowest BCUT2D eigenvalue weighted by atomic mass is 10.1. The van der Waals surface area contributed by atoms with Crippen molar-refractivity contribution in [1.29, 1.82) is 0 Å². The van der Waals surface area contributed by atoms with Gasteiger partial charge in [0.15, 0.2) is 5.82 Å². The Morgan fingerprint density at radius 3 is 2.58 bits per heavy atom. The largest absolute Gasteiger partial charge is 0.497 e. The summed E-state index contributed by atoms with van der Waals surface area (Å²) in [6.45, 7) is 7.99. The Morgan fingerprint density at radius 2 is 1.85 bits per heavy atom. The maximum Gasteiger partial charge on any atom is 0.252 e. The fourth-order valence-corrected chi connectivity index (χ4v) is 3.89. The predicted octanol–water partition coefficient (Wildman–Crippen LogP) is 3.52. The maximum absolute atomic E-state index is 12.9. The first-order valence-electron chi connectivity index (χ1n) is 11.1. The van der Waals surface area contributed by atoms with Crippen LogP contribution in [0.1, 0.15) is 37.7 Å². The van der Waals surface area contributed by atoms with Crippen LogP contribution in [0.5, 0.6) is 5.75 Å². The van der Waals surface area contributed by atoms with Crippen LogP contribution in [0.4, 0.5) is 0 Å². The molecule has 0 unspecified atom stereocenters. The number of nitrogens with one attached hydrogen (secondary N) is 1. The first-order chi connectivity index (χ1) is 15.8. The number of nitrogens with zero attached hydrogens (tertiary/aromatic N) is 5. The molecule has 2 aromatic heterocycles. The smallest absolute Gasteiger partial charge is 0.252 e. The van der Waals surface area contributed by atoms with Crippen LogP contribution in [-0.4, -0.2) is 43.7 Å². The Labute approximate surface area is 193 Å². The molecule has 0 bridgehead atoms. The van der Waals surface area contributed by atoms with Crippen LogP contribution in [0.25, 0.3) is 10.9 Å². The Bertz CT molecular complexity index is 1270. The minimum absolute atomic E-state index is 0.0900. The Kier molecular flexibility index (Phi) is 6.55. The molecule has 4 aromatic rings. The molecule has 0 fully saturated rings. The number of pyridine rings is 1. The summed E-state index contributed by atoms with van der Waals surface area (Å²) in [5.41, 5.74) is 2.40. The van der Waals surface area contributed by atoms with E-state index in [1.807, 2.05) is 47.1 Å². The number of aromatic nitrogens is 5. The molecule has 0 saturated carbocycles. The highest BCUT2D eigenvalue weighted by atomic mass is 16.5. The average molecular weight is 447 g/mol. The molecule has 8 nitrogen and oxygen atoms in total. The van der Waals surface area contributed by atoms with Crippen LogP contribution in [0, 0.1) is 0 Å². The molecule has 0 amide bonds. The minimum atomic E-state index is -0.235. The van der Waals surface area contributed by atoms with Crippen LogP contribution in [-0.2, 0) is 25.0 Å². The Hall–Kier alpha value is -3.52. The number of hydrogen-bond acceptors (Lipinski definition) is 6. The highest BCUT2D eigenvalue weighted by Crippen LogP contribution is 2.20. The molecule has 0 aliphatic rings. The summed E-state index contributed by atoms with van der Waals surface area (Å²) in [5, 5.41) is 13.3. The standard InChI is InChI=1S/C25H30N6O2/c1-25(2,3)31-23(27-28-29-31)17-30(13-12-18-8-6-5-7-9-18)16-20-14-19-15-21(33-4)10-11-22(19)26-24(20)32/h5-11,14-15H,12-13,16-17H2,1-4H3,(H,26,32). The van der Waals surface area contributed by atoms with Gasteiger partial charge in [-0.05, 0) is 67.4 Å². The third-order valence-corrected chi connectivity index (χ3v) is 5.62. The first kappa shape index (κ1) is 22.7. The fraction of sp³-hybridized carbons (Fsp3) is 0.360. The third-order valence-electron chi connectivity index (χ3n) is 5.62. The zero-order valence-electron chi connectivity index (χ0n) is 19.6. The number of fused-ring (bicyclic) bond motifs is 1. The van der Waals surface area contributed by atoms with Gasteiger partial charge in [0.05, 0.1) is 19.2 Å². The molecule has 0 saturated heterocycles. The number of methoxy groups -OCH3 is 1. The summed E-state index contributed by atoms with van der Waals surface area (Å²) in [5.74, 6) is 1.53. The number of benzene rings is 2. The van der Waals surface area contributed by atoms with Gasteiger partial charge in [0.25, 0.3) is 5.56 Å². The second-order valence-electron chi connectivity index (χ2n) is 9.20. The van der Waals surface area contributed by atoms with E-state index in [2.05, 4.69) is 58.3 Å². The van der Waals surface area contributed by atoms with Crippen LogP contribution in [0.3, 0.4) is 0 Å². The quantitative estimate of drug-likeness (QED) is 0.445. The normalized spacial score (nSPS) is 11.9. The van der Waals surface area contributed by atoms with Crippen LogP contribution in [0.2, 0.25) is 0 Å². The molecule has 2 heterocycles. The topological polar surface area (TPSA) is 88.9 Å². The molecule has 0 radical (unpaired) electrons. The van der Waals surface area contributed by atoms with Gasteiger partial charge in [0.2, 0.25) is 0 Å². The Balaban J connectivity index is 1.63. The van der Waals surface area contributed by atoms with Crippen molar-refractivity contribution in [3.05, 3.63) is 81.9 Å². The summed E-state index contributed by atoms with van der Waals surface area (Å²) in [4.78, 5) is 18.1. The number of ether oxygens (including phenoxy) is 1. The van der Waals surface area contributed by atoms with Crippen LogP contribution >= 0.6 is 0 Å². The van der Waals surface area contributed by atoms with Crippen molar-refractivity contribution in [3.8, 4) is 5.75 Å². The van der Waals surface area contributed by atoms with Crippen molar-refractivity contribution in [2.24, 2.45) is 0 Å². The van der Waals surface area contributed by atoms with Gasteiger partial charge >= 0.3 is 0 Å². The van der Waals surface area contributed by atoms with E-state index in [0.29, 0.717) is 18.7 Å². The van der Waals surface area contributed by atoms with Crippen molar-refractivity contribution in [2.45, 2.75) is 45.8 Å². The Morgan fingerprint density at radius 1 is 1.06 bits per heavy atom. The second kappa shape index (κ2) is 9.54. The van der Waals surface area contributed by atoms with E-state index in [0.717, 1.165) is 35.4 Å². The average Bonchev–Trinajstić information content (AvgIpc) is 3.27. The van der Waals surface area contributed by atoms with Crippen LogP contribution in [0.15, 0.2) is 59.4 Å². The van der Waals surface area contributed by atoms with E-state index in [9.17, 15) is 4.79 Å². The van der Waals surface area contributed by atoms with E-state index < -0.39 is 0 Å². The minimum Gasteiger partial charge on any atom is -0.497 e. The lowest BCUT2D eigenvalue weighted by molar-refractivity contribution is 0.234. The van der Waals surface area contributed by atoms with Gasteiger partial charge in [-0.15, -0.1) is 5.10 Å². The highest BCUT2D eigenvalue weighted by Gasteiger charge is 2.22. The zero-order chi connectivity index (χ0) is 23.4. The van der Waals surface area contributed by atoms with E-state index in [4.69, 9.17) is 4.74 Å². The van der Waals surface area contributed by atoms with Gasteiger partial charge in [0.1, 0.15) is 5.75 Å². The van der Waals surface area contributed by atoms with E-state index in [1.54, 1.807) is 7.11 Å². The summed E-state index contributed by atoms with van der Waals surface area (Å²) >= 11 is 0. The molecular formula is C25H30N6O2. The van der Waals surface area contributed by atoms with Crippen molar-refractivity contribution in [2.75, 3.05) is 13.7 Å². The van der Waals surface area contributed by atoms with E-state index in [-0.39, 0.29) is 11.1 Å². The molecule has 0 spiro atoms. The molecule has 1 N–H and O–H groups in total. The maximum atomic E-state index is 12.9. The number of hydrogen-bond donors (Lipinski definition) is 1. The molecule has 8 heteroatoms. The van der Waals surface area contributed by atoms with Gasteiger partial charge < -0.3 is 9.72 Å². The molecule has 2 aromatic carbocycles. The van der Waals surface area contributed by atoms with E-state index in [1.165, 1.54) is 5.56 Å². The summed E-state index contributed by atoms with van der Waals surface area (Å²) < 4.78 is 7.19. The molecular weight excluding hydrogens is 416 g/mol. The van der Waals surface area contributed by atoms with E-state index >= 15 is 0 Å². The van der Waals surface area contributed by atoms with Crippen molar-refractivity contribution < 1.29 is 4.74 Å². The van der Waals surface area contributed by atoms with Gasteiger partial charge in [0, 0.05) is 29.6 Å². The molecule has 172 valence electrons. The van der Waals surface area contributed by atoms with Gasteiger partial charge in [-0.3, -0.25) is 9.69 Å².